The van der Waals surface area contributed by atoms with Crippen LogP contribution in [0, 0.1) is 11.3 Å². The summed E-state index contributed by atoms with van der Waals surface area (Å²) >= 11 is 0. The number of allylic oxidation sites excluding steroid dienone is 1. The molecule has 1 atom stereocenters. The Labute approximate surface area is 228 Å². The van der Waals surface area contributed by atoms with Gasteiger partial charge in [0.25, 0.3) is 0 Å². The highest BCUT2D eigenvalue weighted by Gasteiger charge is 2.32. The van der Waals surface area contributed by atoms with E-state index in [0.29, 0.717) is 40.7 Å². The Morgan fingerprint density at radius 2 is 1.72 bits per heavy atom. The van der Waals surface area contributed by atoms with E-state index < -0.39 is 11.9 Å². The van der Waals surface area contributed by atoms with E-state index in [1.54, 1.807) is 56.7 Å². The van der Waals surface area contributed by atoms with Crippen LogP contribution in [0.1, 0.15) is 60.0 Å². The van der Waals surface area contributed by atoms with Crippen LogP contribution in [0.25, 0.3) is 0 Å². The number of nitrogens with two attached hydrogens (primary N) is 1. The lowest BCUT2D eigenvalue weighted by Gasteiger charge is -2.27. The molecule has 8 nitrogen and oxygen atoms in total. The number of methoxy groups -OCH3 is 2. The van der Waals surface area contributed by atoms with E-state index in [4.69, 9.17) is 29.4 Å². The molecule has 2 N–H and O–H groups in total. The minimum absolute atomic E-state index is 0.0103. The van der Waals surface area contributed by atoms with Crippen LogP contribution in [0.2, 0.25) is 0 Å². The minimum Gasteiger partial charge on any atom is -0.497 e. The molecule has 0 bridgehead atoms. The number of hydrogen-bond acceptors (Lipinski definition) is 8. The highest BCUT2D eigenvalue weighted by atomic mass is 16.5. The second-order valence-electron chi connectivity index (χ2n) is 9.06. The smallest absolute Gasteiger partial charge is 0.343 e. The van der Waals surface area contributed by atoms with Gasteiger partial charge in [0, 0.05) is 11.6 Å². The number of nitriles is 1. The summed E-state index contributed by atoms with van der Waals surface area (Å²) in [5, 5.41) is 9.92. The zero-order valence-corrected chi connectivity index (χ0v) is 22.4. The van der Waals surface area contributed by atoms with Gasteiger partial charge in [0.05, 0.1) is 32.3 Å². The van der Waals surface area contributed by atoms with Crippen LogP contribution in [-0.4, -0.2) is 26.8 Å². The molecule has 1 heterocycles. The fourth-order valence-corrected chi connectivity index (χ4v) is 4.43. The summed E-state index contributed by atoms with van der Waals surface area (Å²) < 4.78 is 28.0. The molecule has 0 spiro atoms. The number of carbonyl (C=O) groups is 1. The third-order valence-corrected chi connectivity index (χ3v) is 6.50. The second kappa shape index (κ2) is 12.7. The third-order valence-electron chi connectivity index (χ3n) is 6.50. The number of nitrogens with zero attached hydrogens (tertiary/aromatic N) is 1. The first kappa shape index (κ1) is 27.4. The quantitative estimate of drug-likeness (QED) is 0.180. The summed E-state index contributed by atoms with van der Waals surface area (Å²) in [4.78, 5) is 12.7. The third kappa shape index (κ3) is 6.27. The van der Waals surface area contributed by atoms with Gasteiger partial charge in [-0.05, 0) is 54.4 Å². The summed E-state index contributed by atoms with van der Waals surface area (Å²) in [6.07, 6.45) is 4.42. The van der Waals surface area contributed by atoms with Gasteiger partial charge >= 0.3 is 5.97 Å². The second-order valence-corrected chi connectivity index (χ2v) is 9.06. The van der Waals surface area contributed by atoms with E-state index in [0.717, 1.165) is 24.8 Å². The molecule has 1 unspecified atom stereocenters. The highest BCUT2D eigenvalue weighted by Crippen LogP contribution is 2.45. The number of benzene rings is 3. The fourth-order valence-electron chi connectivity index (χ4n) is 4.43. The largest absolute Gasteiger partial charge is 0.497 e. The maximum Gasteiger partial charge on any atom is 0.343 e. The molecular weight excluding hydrogens is 496 g/mol. The average Bonchev–Trinajstić information content (AvgIpc) is 2.96. The van der Waals surface area contributed by atoms with Crippen molar-refractivity contribution in [3.63, 3.8) is 0 Å². The molecule has 3 aromatic rings. The monoisotopic (exact) mass is 528 g/mol. The number of fused-ring (bicyclic) bond motifs is 1. The van der Waals surface area contributed by atoms with Crippen molar-refractivity contribution in [2.24, 2.45) is 5.73 Å². The van der Waals surface area contributed by atoms with Gasteiger partial charge < -0.3 is 29.4 Å². The van der Waals surface area contributed by atoms with Crippen LogP contribution < -0.4 is 29.4 Å². The summed E-state index contributed by atoms with van der Waals surface area (Å²) in [6.45, 7) is 2.77. The number of hydrogen-bond donors (Lipinski definition) is 1. The van der Waals surface area contributed by atoms with Crippen LogP contribution >= 0.6 is 0 Å². The molecule has 39 heavy (non-hydrogen) atoms. The zero-order chi connectivity index (χ0) is 27.8. The zero-order valence-electron chi connectivity index (χ0n) is 22.4. The summed E-state index contributed by atoms with van der Waals surface area (Å²) in [7, 11) is 3.14. The maximum atomic E-state index is 12.7. The van der Waals surface area contributed by atoms with E-state index >= 15 is 0 Å². The molecule has 0 saturated carbocycles. The fraction of sp³-hybridized carbons (Fsp3) is 0.290. The molecule has 202 valence electrons. The molecule has 0 aliphatic carbocycles. The Bertz CT molecular complexity index is 1390. The Balaban J connectivity index is 1.59. The van der Waals surface area contributed by atoms with Gasteiger partial charge in [0.2, 0.25) is 5.88 Å². The topological polar surface area (TPSA) is 113 Å². The van der Waals surface area contributed by atoms with Gasteiger partial charge in [-0.2, -0.15) is 5.26 Å². The number of esters is 1. The van der Waals surface area contributed by atoms with Crippen molar-refractivity contribution in [2.75, 3.05) is 20.8 Å². The minimum atomic E-state index is -0.527. The number of ether oxygens (including phenoxy) is 5. The first-order valence-electron chi connectivity index (χ1n) is 12.9. The molecule has 0 aromatic heterocycles. The Morgan fingerprint density at radius 1 is 0.949 bits per heavy atom. The molecule has 0 fully saturated rings. The number of carbonyl (C=O) groups excluding carboxylic acids is 1. The predicted molar refractivity (Wildman–Crippen MR) is 146 cm³/mol. The molecular formula is C31H32N2O6. The molecule has 3 aromatic carbocycles. The lowest BCUT2D eigenvalue weighted by molar-refractivity contribution is 0.0734. The maximum absolute atomic E-state index is 12.7. The Kier molecular flexibility index (Phi) is 8.95. The number of unbranched alkanes of at least 4 members (excludes halogenated alkanes) is 3. The van der Waals surface area contributed by atoms with E-state index in [2.05, 4.69) is 13.0 Å². The molecule has 0 amide bonds. The van der Waals surface area contributed by atoms with E-state index in [1.807, 2.05) is 18.2 Å². The van der Waals surface area contributed by atoms with Crippen molar-refractivity contribution >= 4 is 5.97 Å². The van der Waals surface area contributed by atoms with Gasteiger partial charge in [-0.25, -0.2) is 4.79 Å². The van der Waals surface area contributed by atoms with E-state index in [-0.39, 0.29) is 17.2 Å². The van der Waals surface area contributed by atoms with Gasteiger partial charge in [0.1, 0.15) is 28.9 Å². The van der Waals surface area contributed by atoms with Crippen molar-refractivity contribution in [3.05, 3.63) is 88.8 Å². The van der Waals surface area contributed by atoms with Crippen molar-refractivity contribution in [2.45, 2.75) is 38.5 Å². The van der Waals surface area contributed by atoms with Gasteiger partial charge in [-0.15, -0.1) is 0 Å². The average molecular weight is 529 g/mol. The molecule has 8 heteroatoms. The molecule has 1 aliphatic heterocycles. The van der Waals surface area contributed by atoms with E-state index in [9.17, 15) is 10.1 Å². The van der Waals surface area contributed by atoms with Gasteiger partial charge in [-0.3, -0.25) is 0 Å². The van der Waals surface area contributed by atoms with Crippen LogP contribution in [0.5, 0.6) is 28.7 Å². The lowest BCUT2D eigenvalue weighted by atomic mass is 9.83. The van der Waals surface area contributed by atoms with Crippen LogP contribution in [0.15, 0.2) is 72.1 Å². The molecule has 0 radical (unpaired) electrons. The Morgan fingerprint density at radius 3 is 2.41 bits per heavy atom. The normalized spacial score (nSPS) is 14.1. The van der Waals surface area contributed by atoms with Crippen LogP contribution in [0.3, 0.4) is 0 Å². The van der Waals surface area contributed by atoms with Gasteiger partial charge in [0.15, 0.2) is 11.5 Å². The van der Waals surface area contributed by atoms with Crippen LogP contribution in [0.4, 0.5) is 0 Å². The van der Waals surface area contributed by atoms with Crippen molar-refractivity contribution in [3.8, 4) is 34.8 Å². The van der Waals surface area contributed by atoms with Gasteiger partial charge in [-0.1, -0.05) is 38.3 Å². The molecule has 0 saturated heterocycles. The standard InChI is InChI=1S/C31H32N2O6/c1-4-5-6-7-16-37-26-15-10-21(17-28(26)36-3)29-24-14-13-23(18-27(24)39-30(33)25(29)19-32)38-31(34)20-8-11-22(35-2)12-9-20/h8-15,17-18,29H,4-7,16,33H2,1-3H3. The predicted octanol–water partition coefficient (Wildman–Crippen LogP) is 6.10. The lowest BCUT2D eigenvalue weighted by Crippen LogP contribution is -2.21. The first-order chi connectivity index (χ1) is 19.0. The van der Waals surface area contributed by atoms with E-state index in [1.165, 1.54) is 6.42 Å². The Hall–Kier alpha value is -4.64. The summed E-state index contributed by atoms with van der Waals surface area (Å²) in [6, 6.07) is 19.4. The number of rotatable bonds is 11. The summed E-state index contributed by atoms with van der Waals surface area (Å²) in [5.41, 5.74) is 8.32. The van der Waals surface area contributed by atoms with Crippen molar-refractivity contribution in [1.82, 2.24) is 0 Å². The van der Waals surface area contributed by atoms with Crippen molar-refractivity contribution < 1.29 is 28.5 Å². The highest BCUT2D eigenvalue weighted by molar-refractivity contribution is 5.91. The van der Waals surface area contributed by atoms with Crippen molar-refractivity contribution in [1.29, 1.82) is 5.26 Å². The summed E-state index contributed by atoms with van der Waals surface area (Å²) in [5.74, 6) is 1.48. The van der Waals surface area contributed by atoms with Crippen LogP contribution in [-0.2, 0) is 0 Å². The SMILES string of the molecule is CCCCCCOc1ccc(C2C(C#N)=C(N)Oc3cc(OC(=O)c4ccc(OC)cc4)ccc32)cc1OC. The molecule has 4 rings (SSSR count). The first-order valence-corrected chi connectivity index (χ1v) is 12.9. The molecule has 1 aliphatic rings.